The first-order chi connectivity index (χ1) is 12.7. The van der Waals surface area contributed by atoms with Gasteiger partial charge in [0.15, 0.2) is 17.5 Å². The number of aliphatic imine (C=N–C) groups is 1. The predicted molar refractivity (Wildman–Crippen MR) is 107 cm³/mol. The Balaban J connectivity index is 1.96. The minimum Gasteiger partial charge on any atom is -0.493 e. The fourth-order valence-corrected chi connectivity index (χ4v) is 2.39. The molecule has 2 N–H and O–H groups in total. The zero-order chi connectivity index (χ0) is 18.8. The van der Waals surface area contributed by atoms with Crippen molar-refractivity contribution in [3.8, 4) is 11.5 Å². The summed E-state index contributed by atoms with van der Waals surface area (Å²) in [4.78, 5) is 4.25. The van der Waals surface area contributed by atoms with E-state index in [-0.39, 0.29) is 0 Å². The van der Waals surface area contributed by atoms with E-state index in [9.17, 15) is 0 Å². The van der Waals surface area contributed by atoms with Crippen LogP contribution in [0.15, 0.2) is 53.5 Å². The van der Waals surface area contributed by atoms with E-state index >= 15 is 0 Å². The van der Waals surface area contributed by atoms with Crippen LogP contribution in [0.25, 0.3) is 0 Å². The molecule has 0 aliphatic rings. The third kappa shape index (κ3) is 5.99. The molecule has 2 rings (SSSR count). The smallest absolute Gasteiger partial charge is 0.191 e. The summed E-state index contributed by atoms with van der Waals surface area (Å²) >= 11 is 0. The van der Waals surface area contributed by atoms with Crippen molar-refractivity contribution in [2.45, 2.75) is 39.5 Å². The number of benzene rings is 2. The van der Waals surface area contributed by atoms with Crippen LogP contribution in [0.2, 0.25) is 0 Å². The summed E-state index contributed by atoms with van der Waals surface area (Å²) in [6.45, 7) is 5.45. The Morgan fingerprint density at radius 1 is 1.08 bits per heavy atom. The summed E-state index contributed by atoms with van der Waals surface area (Å²) < 4.78 is 11.4. The van der Waals surface area contributed by atoms with Gasteiger partial charge >= 0.3 is 0 Å². The van der Waals surface area contributed by atoms with Gasteiger partial charge in [-0.15, -0.1) is 0 Å². The van der Waals surface area contributed by atoms with Crippen molar-refractivity contribution in [2.24, 2.45) is 4.99 Å². The first-order valence-electron chi connectivity index (χ1n) is 8.97. The first-order valence-corrected chi connectivity index (χ1v) is 8.97. The molecule has 5 nitrogen and oxygen atoms in total. The lowest BCUT2D eigenvalue weighted by Gasteiger charge is -2.17. The highest BCUT2D eigenvalue weighted by molar-refractivity contribution is 5.79. The molecule has 5 heteroatoms. The largest absolute Gasteiger partial charge is 0.493 e. The van der Waals surface area contributed by atoms with Crippen molar-refractivity contribution in [3.63, 3.8) is 0 Å². The third-order valence-corrected chi connectivity index (χ3v) is 4.14. The Bertz CT molecular complexity index is 702. The Morgan fingerprint density at radius 3 is 2.50 bits per heavy atom. The Kier molecular flexibility index (Phi) is 7.80. The van der Waals surface area contributed by atoms with E-state index < -0.39 is 0 Å². The summed E-state index contributed by atoms with van der Waals surface area (Å²) in [7, 11) is 3.43. The number of hydrogen-bond donors (Lipinski definition) is 2. The summed E-state index contributed by atoms with van der Waals surface area (Å²) in [6, 6.07) is 16.4. The number of rotatable bonds is 8. The molecule has 0 radical (unpaired) electrons. The van der Waals surface area contributed by atoms with Crippen LogP contribution in [0, 0.1) is 0 Å². The molecule has 1 unspecified atom stereocenters. The lowest BCUT2D eigenvalue weighted by atomic mass is 10.2. The number of guanidine groups is 1. The molecule has 0 spiro atoms. The van der Waals surface area contributed by atoms with Crippen LogP contribution >= 0.6 is 0 Å². The molecule has 1 atom stereocenters. The summed E-state index contributed by atoms with van der Waals surface area (Å²) in [5.41, 5.74) is 2.22. The topological polar surface area (TPSA) is 54.9 Å². The van der Waals surface area contributed by atoms with Crippen LogP contribution in [-0.2, 0) is 13.2 Å². The Hall–Kier alpha value is -2.69. The van der Waals surface area contributed by atoms with Crippen LogP contribution in [0.5, 0.6) is 11.5 Å². The standard InChI is InChI=1S/C21H29N3O2/c1-5-16(2)24-21(22-3)23-14-18-11-12-19(20(13-18)25-4)26-15-17-9-7-6-8-10-17/h6-13,16H,5,14-15H2,1-4H3,(H2,22,23,24). The molecule has 0 bridgehead atoms. The molecular formula is C21H29N3O2. The second-order valence-electron chi connectivity index (χ2n) is 6.14. The van der Waals surface area contributed by atoms with Crippen molar-refractivity contribution in [1.82, 2.24) is 10.6 Å². The van der Waals surface area contributed by atoms with E-state index in [4.69, 9.17) is 9.47 Å². The number of ether oxygens (including phenoxy) is 2. The van der Waals surface area contributed by atoms with Gasteiger partial charge in [-0.2, -0.15) is 0 Å². The average molecular weight is 355 g/mol. The van der Waals surface area contributed by atoms with Crippen LogP contribution in [-0.4, -0.2) is 26.2 Å². The van der Waals surface area contributed by atoms with Gasteiger partial charge in [0, 0.05) is 19.6 Å². The van der Waals surface area contributed by atoms with E-state index in [2.05, 4.69) is 29.5 Å². The van der Waals surface area contributed by atoms with Gasteiger partial charge in [-0.25, -0.2) is 0 Å². The molecule has 140 valence electrons. The highest BCUT2D eigenvalue weighted by Gasteiger charge is 2.08. The lowest BCUT2D eigenvalue weighted by Crippen LogP contribution is -2.41. The molecule has 2 aromatic rings. The van der Waals surface area contributed by atoms with E-state index in [1.54, 1.807) is 14.2 Å². The summed E-state index contributed by atoms with van der Waals surface area (Å²) in [5.74, 6) is 2.26. The molecule has 0 saturated heterocycles. The van der Waals surface area contributed by atoms with Gasteiger partial charge in [-0.3, -0.25) is 4.99 Å². The number of nitrogens with zero attached hydrogens (tertiary/aromatic N) is 1. The maximum absolute atomic E-state index is 5.90. The second-order valence-corrected chi connectivity index (χ2v) is 6.14. The van der Waals surface area contributed by atoms with Crippen molar-refractivity contribution in [2.75, 3.05) is 14.2 Å². The molecule has 0 aliphatic heterocycles. The predicted octanol–water partition coefficient (Wildman–Crippen LogP) is 3.74. The molecular weight excluding hydrogens is 326 g/mol. The highest BCUT2D eigenvalue weighted by atomic mass is 16.5. The van der Waals surface area contributed by atoms with Gasteiger partial charge in [0.25, 0.3) is 0 Å². The Morgan fingerprint density at radius 2 is 1.85 bits per heavy atom. The maximum Gasteiger partial charge on any atom is 0.191 e. The normalized spacial score (nSPS) is 12.4. The quantitative estimate of drug-likeness (QED) is 0.559. The summed E-state index contributed by atoms with van der Waals surface area (Å²) in [5, 5.41) is 6.67. The van der Waals surface area contributed by atoms with E-state index in [0.29, 0.717) is 19.2 Å². The van der Waals surface area contributed by atoms with Crippen LogP contribution in [0.1, 0.15) is 31.4 Å². The van der Waals surface area contributed by atoms with Crippen molar-refractivity contribution < 1.29 is 9.47 Å². The van der Waals surface area contributed by atoms with Gasteiger partial charge in [0.05, 0.1) is 7.11 Å². The Labute approximate surface area is 156 Å². The highest BCUT2D eigenvalue weighted by Crippen LogP contribution is 2.28. The second kappa shape index (κ2) is 10.3. The maximum atomic E-state index is 5.90. The lowest BCUT2D eigenvalue weighted by molar-refractivity contribution is 0.284. The van der Waals surface area contributed by atoms with Gasteiger partial charge in [0.1, 0.15) is 6.61 Å². The van der Waals surface area contributed by atoms with Gasteiger partial charge < -0.3 is 20.1 Å². The molecule has 0 amide bonds. The molecule has 0 aromatic heterocycles. The fourth-order valence-electron chi connectivity index (χ4n) is 2.39. The molecule has 0 heterocycles. The van der Waals surface area contributed by atoms with E-state index in [0.717, 1.165) is 35.0 Å². The minimum atomic E-state index is 0.379. The minimum absolute atomic E-state index is 0.379. The van der Waals surface area contributed by atoms with E-state index in [1.165, 1.54) is 0 Å². The van der Waals surface area contributed by atoms with Crippen molar-refractivity contribution in [1.29, 1.82) is 0 Å². The van der Waals surface area contributed by atoms with Crippen LogP contribution < -0.4 is 20.1 Å². The average Bonchev–Trinajstić information content (AvgIpc) is 2.70. The van der Waals surface area contributed by atoms with Crippen LogP contribution in [0.4, 0.5) is 0 Å². The number of methoxy groups -OCH3 is 1. The monoisotopic (exact) mass is 355 g/mol. The van der Waals surface area contributed by atoms with E-state index in [1.807, 2.05) is 48.5 Å². The third-order valence-electron chi connectivity index (χ3n) is 4.14. The van der Waals surface area contributed by atoms with Gasteiger partial charge in [-0.1, -0.05) is 43.3 Å². The zero-order valence-electron chi connectivity index (χ0n) is 16.1. The number of nitrogens with one attached hydrogen (secondary N) is 2. The zero-order valence-corrected chi connectivity index (χ0v) is 16.1. The summed E-state index contributed by atoms with van der Waals surface area (Å²) in [6.07, 6.45) is 1.04. The van der Waals surface area contributed by atoms with Crippen molar-refractivity contribution >= 4 is 5.96 Å². The first kappa shape index (κ1) is 19.6. The molecule has 26 heavy (non-hydrogen) atoms. The van der Waals surface area contributed by atoms with Crippen molar-refractivity contribution in [3.05, 3.63) is 59.7 Å². The number of hydrogen-bond acceptors (Lipinski definition) is 3. The van der Waals surface area contributed by atoms with Gasteiger partial charge in [-0.05, 0) is 36.6 Å². The molecule has 2 aromatic carbocycles. The molecule has 0 saturated carbocycles. The SMILES string of the molecule is CCC(C)NC(=NC)NCc1ccc(OCc2ccccc2)c(OC)c1. The van der Waals surface area contributed by atoms with Gasteiger partial charge in [0.2, 0.25) is 0 Å². The van der Waals surface area contributed by atoms with Crippen LogP contribution in [0.3, 0.4) is 0 Å². The molecule has 0 fully saturated rings. The fraction of sp³-hybridized carbons (Fsp3) is 0.381. The molecule has 0 aliphatic carbocycles.